The van der Waals surface area contributed by atoms with Crippen molar-refractivity contribution in [3.8, 4) is 11.3 Å². The van der Waals surface area contributed by atoms with Gasteiger partial charge in [0.05, 0.1) is 11.2 Å². The van der Waals surface area contributed by atoms with E-state index < -0.39 is 0 Å². The Labute approximate surface area is 169 Å². The molecule has 0 bridgehead atoms. The van der Waals surface area contributed by atoms with E-state index in [9.17, 15) is 0 Å². The van der Waals surface area contributed by atoms with Gasteiger partial charge in [0.2, 0.25) is 0 Å². The van der Waals surface area contributed by atoms with E-state index >= 15 is 0 Å². The SMILES string of the molecule is CC(C)(CNc1ccc(-c2ccc3[nH]nc(N)c3c2)nn1)c1ccc(CN)cc1. The van der Waals surface area contributed by atoms with Crippen molar-refractivity contribution in [1.29, 1.82) is 0 Å². The van der Waals surface area contributed by atoms with Gasteiger partial charge in [-0.2, -0.15) is 5.10 Å². The zero-order chi connectivity index (χ0) is 20.4. The van der Waals surface area contributed by atoms with Crippen molar-refractivity contribution in [2.45, 2.75) is 25.8 Å². The van der Waals surface area contributed by atoms with Crippen LogP contribution in [0.5, 0.6) is 0 Å². The number of H-pyrrole nitrogens is 1. The van der Waals surface area contributed by atoms with Gasteiger partial charge in [-0.15, -0.1) is 10.2 Å². The third-order valence-electron chi connectivity index (χ3n) is 5.24. The van der Waals surface area contributed by atoms with E-state index in [1.54, 1.807) is 0 Å². The number of fused-ring (bicyclic) bond motifs is 1. The molecule has 0 saturated carbocycles. The number of aromatic nitrogens is 4. The van der Waals surface area contributed by atoms with Crippen LogP contribution >= 0.6 is 0 Å². The van der Waals surface area contributed by atoms with Crippen LogP contribution < -0.4 is 16.8 Å². The molecule has 7 nitrogen and oxygen atoms in total. The van der Waals surface area contributed by atoms with Crippen molar-refractivity contribution in [2.24, 2.45) is 5.73 Å². The number of hydrogen-bond donors (Lipinski definition) is 4. The maximum Gasteiger partial charge on any atom is 0.153 e. The lowest BCUT2D eigenvalue weighted by Gasteiger charge is -2.26. The highest BCUT2D eigenvalue weighted by Crippen LogP contribution is 2.26. The van der Waals surface area contributed by atoms with Crippen LogP contribution in [0.15, 0.2) is 54.6 Å². The first-order chi connectivity index (χ1) is 14.0. The van der Waals surface area contributed by atoms with E-state index in [0.717, 1.165) is 40.1 Å². The zero-order valence-corrected chi connectivity index (χ0v) is 16.6. The molecule has 0 aliphatic rings. The summed E-state index contributed by atoms with van der Waals surface area (Å²) in [5.41, 5.74) is 16.5. The third kappa shape index (κ3) is 3.90. The molecule has 0 atom stereocenters. The van der Waals surface area contributed by atoms with Gasteiger partial charge in [-0.3, -0.25) is 5.10 Å². The van der Waals surface area contributed by atoms with Gasteiger partial charge >= 0.3 is 0 Å². The Morgan fingerprint density at radius 2 is 1.79 bits per heavy atom. The summed E-state index contributed by atoms with van der Waals surface area (Å²) in [6, 6.07) is 18.2. The van der Waals surface area contributed by atoms with Crippen LogP contribution in [0.1, 0.15) is 25.0 Å². The van der Waals surface area contributed by atoms with Crippen LogP contribution in [0.2, 0.25) is 0 Å². The molecule has 29 heavy (non-hydrogen) atoms. The first-order valence-corrected chi connectivity index (χ1v) is 9.57. The van der Waals surface area contributed by atoms with Crippen molar-refractivity contribution in [2.75, 3.05) is 17.6 Å². The highest BCUT2D eigenvalue weighted by molar-refractivity contribution is 5.91. The van der Waals surface area contributed by atoms with Gasteiger partial charge in [-0.05, 0) is 35.4 Å². The smallest absolute Gasteiger partial charge is 0.153 e. The molecule has 6 N–H and O–H groups in total. The minimum Gasteiger partial charge on any atom is -0.382 e. The number of nitrogens with two attached hydrogens (primary N) is 2. The van der Waals surface area contributed by atoms with Crippen LogP contribution in [0.3, 0.4) is 0 Å². The largest absolute Gasteiger partial charge is 0.382 e. The van der Waals surface area contributed by atoms with Gasteiger partial charge < -0.3 is 16.8 Å². The highest BCUT2D eigenvalue weighted by atomic mass is 15.2. The van der Waals surface area contributed by atoms with Crippen LogP contribution in [0.4, 0.5) is 11.6 Å². The van der Waals surface area contributed by atoms with Crippen molar-refractivity contribution in [3.63, 3.8) is 0 Å². The van der Waals surface area contributed by atoms with Gasteiger partial charge in [0.25, 0.3) is 0 Å². The first kappa shape index (κ1) is 18.9. The van der Waals surface area contributed by atoms with E-state index in [1.165, 1.54) is 5.56 Å². The summed E-state index contributed by atoms with van der Waals surface area (Å²) in [6.07, 6.45) is 0. The molecular formula is C22H25N7. The molecule has 0 aliphatic carbocycles. The summed E-state index contributed by atoms with van der Waals surface area (Å²) in [4.78, 5) is 0. The highest BCUT2D eigenvalue weighted by Gasteiger charge is 2.20. The molecule has 2 aromatic heterocycles. The zero-order valence-electron chi connectivity index (χ0n) is 16.6. The lowest BCUT2D eigenvalue weighted by atomic mass is 9.84. The molecule has 0 saturated heterocycles. The lowest BCUT2D eigenvalue weighted by molar-refractivity contribution is 0.555. The molecule has 0 unspecified atom stereocenters. The number of nitrogens with zero attached hydrogens (tertiary/aromatic N) is 3. The van der Waals surface area contributed by atoms with Gasteiger partial charge in [-0.1, -0.05) is 44.2 Å². The standard InChI is InChI=1S/C22H25N7/c1-22(2,16-6-3-14(12-23)4-7-16)13-25-20-10-9-18(26-28-20)15-5-8-19-17(11-15)21(24)29-27-19/h3-11H,12-13,23H2,1-2H3,(H,25,28)(H3,24,27,29). The Bertz CT molecular complexity index is 1110. The van der Waals surface area contributed by atoms with Gasteiger partial charge in [0.1, 0.15) is 5.82 Å². The summed E-state index contributed by atoms with van der Waals surface area (Å²) in [6.45, 7) is 5.69. The lowest BCUT2D eigenvalue weighted by Crippen LogP contribution is -2.28. The Kier molecular flexibility index (Phi) is 4.90. The van der Waals surface area contributed by atoms with Crippen LogP contribution in [0, 0.1) is 0 Å². The summed E-state index contributed by atoms with van der Waals surface area (Å²) in [5.74, 6) is 1.22. The molecule has 0 amide bonds. The fraction of sp³-hybridized carbons (Fsp3) is 0.227. The fourth-order valence-electron chi connectivity index (χ4n) is 3.28. The van der Waals surface area contributed by atoms with Crippen molar-refractivity contribution in [1.82, 2.24) is 20.4 Å². The summed E-state index contributed by atoms with van der Waals surface area (Å²) < 4.78 is 0. The van der Waals surface area contributed by atoms with Crippen LogP contribution in [-0.4, -0.2) is 26.9 Å². The predicted molar refractivity (Wildman–Crippen MR) is 117 cm³/mol. The molecule has 7 heteroatoms. The fourth-order valence-corrected chi connectivity index (χ4v) is 3.28. The second kappa shape index (κ2) is 7.52. The molecule has 2 heterocycles. The summed E-state index contributed by atoms with van der Waals surface area (Å²) in [7, 11) is 0. The van der Waals surface area contributed by atoms with Crippen molar-refractivity contribution in [3.05, 3.63) is 65.7 Å². The number of rotatable bonds is 6. The van der Waals surface area contributed by atoms with E-state index in [2.05, 4.69) is 63.8 Å². The van der Waals surface area contributed by atoms with Gasteiger partial charge in [0, 0.05) is 29.5 Å². The summed E-state index contributed by atoms with van der Waals surface area (Å²) >= 11 is 0. The average Bonchev–Trinajstić information content (AvgIpc) is 3.13. The molecule has 148 valence electrons. The topological polar surface area (TPSA) is 119 Å². The maximum atomic E-state index is 5.90. The number of hydrogen-bond acceptors (Lipinski definition) is 6. The number of aromatic amines is 1. The van der Waals surface area contributed by atoms with Gasteiger partial charge in [0.15, 0.2) is 5.82 Å². The molecule has 4 rings (SSSR count). The number of anilines is 2. The minimum atomic E-state index is -0.0582. The first-order valence-electron chi connectivity index (χ1n) is 9.57. The Morgan fingerprint density at radius 3 is 2.48 bits per heavy atom. The average molecular weight is 387 g/mol. The molecule has 0 fully saturated rings. The third-order valence-corrected chi connectivity index (χ3v) is 5.24. The van der Waals surface area contributed by atoms with Gasteiger partial charge in [-0.25, -0.2) is 0 Å². The second-order valence-corrected chi connectivity index (χ2v) is 7.81. The molecular weight excluding hydrogens is 362 g/mol. The Hall–Kier alpha value is -3.45. The normalized spacial score (nSPS) is 11.7. The minimum absolute atomic E-state index is 0.0582. The van der Waals surface area contributed by atoms with Crippen molar-refractivity contribution >= 4 is 22.5 Å². The predicted octanol–water partition coefficient (Wildman–Crippen LogP) is 3.45. The van der Waals surface area contributed by atoms with Crippen molar-refractivity contribution < 1.29 is 0 Å². The molecule has 4 aromatic rings. The van der Waals surface area contributed by atoms with Crippen LogP contribution in [0.25, 0.3) is 22.2 Å². The quantitative estimate of drug-likeness (QED) is 0.402. The maximum absolute atomic E-state index is 5.90. The van der Waals surface area contributed by atoms with Crippen LogP contribution in [-0.2, 0) is 12.0 Å². The number of nitrogen functional groups attached to an aromatic ring is 1. The molecule has 2 aromatic carbocycles. The van der Waals surface area contributed by atoms with E-state index in [-0.39, 0.29) is 5.41 Å². The molecule has 0 aliphatic heterocycles. The van der Waals surface area contributed by atoms with E-state index in [4.69, 9.17) is 11.5 Å². The second-order valence-electron chi connectivity index (χ2n) is 7.81. The number of nitrogens with one attached hydrogen (secondary N) is 2. The summed E-state index contributed by atoms with van der Waals surface area (Å²) in [5, 5.41) is 19.9. The molecule has 0 spiro atoms. The Balaban J connectivity index is 1.46. The van der Waals surface area contributed by atoms with E-state index in [1.807, 2.05) is 30.3 Å². The molecule has 0 radical (unpaired) electrons. The Morgan fingerprint density at radius 1 is 1.00 bits per heavy atom. The monoisotopic (exact) mass is 387 g/mol. The van der Waals surface area contributed by atoms with E-state index in [0.29, 0.717) is 12.4 Å². The number of benzene rings is 2.